The number of hydrogen-bond donors (Lipinski definition) is 0. The zero-order chi connectivity index (χ0) is 9.80. The molecular formula is C10H10N2S2. The lowest BCUT2D eigenvalue weighted by Crippen LogP contribution is -1.87. The van der Waals surface area contributed by atoms with Crippen LogP contribution in [-0.2, 0) is 0 Å². The molecule has 0 spiro atoms. The fourth-order valence-electron chi connectivity index (χ4n) is 1.10. The van der Waals surface area contributed by atoms with Crippen LogP contribution in [0.25, 0.3) is 10.6 Å². The van der Waals surface area contributed by atoms with Crippen molar-refractivity contribution in [3.63, 3.8) is 0 Å². The molecule has 0 unspecified atom stereocenters. The molecule has 2 heterocycles. The van der Waals surface area contributed by atoms with Gasteiger partial charge in [-0.25, -0.2) is 0 Å². The SMILES string of the molecule is CCSc1ccc(-c2cccs2)nn1. The molecule has 0 bridgehead atoms. The molecule has 0 saturated carbocycles. The van der Waals surface area contributed by atoms with Crippen molar-refractivity contribution < 1.29 is 0 Å². The number of nitrogens with zero attached hydrogens (tertiary/aromatic N) is 2. The second-order valence-corrected chi connectivity index (χ2v) is 4.90. The molecule has 0 aromatic carbocycles. The third-order valence-corrected chi connectivity index (χ3v) is 3.40. The zero-order valence-electron chi connectivity index (χ0n) is 7.80. The van der Waals surface area contributed by atoms with Gasteiger partial charge in [0.15, 0.2) is 0 Å². The fraction of sp³-hybridized carbons (Fsp3) is 0.200. The number of rotatable bonds is 3. The van der Waals surface area contributed by atoms with Gasteiger partial charge in [-0.05, 0) is 29.3 Å². The number of thiophene rings is 1. The van der Waals surface area contributed by atoms with Gasteiger partial charge in [-0.2, -0.15) is 0 Å². The van der Waals surface area contributed by atoms with Gasteiger partial charge in [0, 0.05) is 0 Å². The maximum absolute atomic E-state index is 4.18. The van der Waals surface area contributed by atoms with Crippen LogP contribution in [0.2, 0.25) is 0 Å². The Morgan fingerprint density at radius 3 is 2.79 bits per heavy atom. The minimum absolute atomic E-state index is 0.959. The van der Waals surface area contributed by atoms with Crippen LogP contribution in [0, 0.1) is 0 Å². The van der Waals surface area contributed by atoms with E-state index in [4.69, 9.17) is 0 Å². The van der Waals surface area contributed by atoms with Crippen molar-refractivity contribution in [2.75, 3.05) is 5.75 Å². The smallest absolute Gasteiger partial charge is 0.119 e. The molecular weight excluding hydrogens is 212 g/mol. The van der Waals surface area contributed by atoms with E-state index in [1.54, 1.807) is 23.1 Å². The van der Waals surface area contributed by atoms with Crippen LogP contribution in [0.3, 0.4) is 0 Å². The van der Waals surface area contributed by atoms with Crippen LogP contribution >= 0.6 is 23.1 Å². The third kappa shape index (κ3) is 2.13. The highest BCUT2D eigenvalue weighted by molar-refractivity contribution is 7.99. The fourth-order valence-corrected chi connectivity index (χ4v) is 2.35. The Morgan fingerprint density at radius 2 is 2.21 bits per heavy atom. The Labute approximate surface area is 91.4 Å². The molecule has 0 N–H and O–H groups in total. The van der Waals surface area contributed by atoms with Crippen LogP contribution in [0.1, 0.15) is 6.92 Å². The maximum Gasteiger partial charge on any atom is 0.119 e. The van der Waals surface area contributed by atoms with Crippen LogP contribution in [0.4, 0.5) is 0 Å². The summed E-state index contributed by atoms with van der Waals surface area (Å²) in [5.74, 6) is 1.03. The highest BCUT2D eigenvalue weighted by Crippen LogP contribution is 2.23. The summed E-state index contributed by atoms with van der Waals surface area (Å²) in [7, 11) is 0. The molecule has 4 heteroatoms. The van der Waals surface area contributed by atoms with Gasteiger partial charge < -0.3 is 0 Å². The third-order valence-electron chi connectivity index (χ3n) is 1.71. The van der Waals surface area contributed by atoms with Gasteiger partial charge in [-0.1, -0.05) is 13.0 Å². The van der Waals surface area contributed by atoms with Crippen molar-refractivity contribution in [3.05, 3.63) is 29.6 Å². The number of aromatic nitrogens is 2. The first-order chi connectivity index (χ1) is 6.90. The average Bonchev–Trinajstić information content (AvgIpc) is 2.72. The topological polar surface area (TPSA) is 25.8 Å². The molecule has 2 aromatic heterocycles. The summed E-state index contributed by atoms with van der Waals surface area (Å²) < 4.78 is 0. The van der Waals surface area contributed by atoms with Crippen molar-refractivity contribution in [2.24, 2.45) is 0 Å². The highest BCUT2D eigenvalue weighted by Gasteiger charge is 2.01. The first-order valence-electron chi connectivity index (χ1n) is 4.40. The maximum atomic E-state index is 4.18. The lowest BCUT2D eigenvalue weighted by Gasteiger charge is -1.97. The summed E-state index contributed by atoms with van der Waals surface area (Å²) in [6, 6.07) is 8.13. The van der Waals surface area contributed by atoms with Crippen LogP contribution < -0.4 is 0 Å². The second-order valence-electron chi connectivity index (χ2n) is 2.67. The Balaban J connectivity index is 2.22. The van der Waals surface area contributed by atoms with E-state index in [1.807, 2.05) is 23.6 Å². The van der Waals surface area contributed by atoms with Gasteiger partial charge in [0.25, 0.3) is 0 Å². The van der Waals surface area contributed by atoms with Crippen molar-refractivity contribution >= 4 is 23.1 Å². The minimum Gasteiger partial charge on any atom is -0.149 e. The molecule has 0 saturated heterocycles. The van der Waals surface area contributed by atoms with Gasteiger partial charge >= 0.3 is 0 Å². The van der Waals surface area contributed by atoms with E-state index in [0.29, 0.717) is 0 Å². The first-order valence-corrected chi connectivity index (χ1v) is 6.27. The quantitative estimate of drug-likeness (QED) is 0.745. The number of hydrogen-bond acceptors (Lipinski definition) is 4. The standard InChI is InChI=1S/C10H10N2S2/c1-2-13-10-6-5-8(11-12-10)9-4-3-7-14-9/h3-7H,2H2,1H3. The molecule has 0 amide bonds. The van der Waals surface area contributed by atoms with Crippen molar-refractivity contribution in [2.45, 2.75) is 11.9 Å². The monoisotopic (exact) mass is 222 g/mol. The van der Waals surface area contributed by atoms with Crippen molar-refractivity contribution in [1.29, 1.82) is 0 Å². The molecule has 0 atom stereocenters. The average molecular weight is 222 g/mol. The molecule has 72 valence electrons. The lowest BCUT2D eigenvalue weighted by molar-refractivity contribution is 0.938. The number of thioether (sulfide) groups is 1. The van der Waals surface area contributed by atoms with Crippen LogP contribution in [0.15, 0.2) is 34.7 Å². The Bertz CT molecular complexity index is 381. The van der Waals surface area contributed by atoms with Gasteiger partial charge in [0.2, 0.25) is 0 Å². The van der Waals surface area contributed by atoms with Crippen molar-refractivity contribution in [3.8, 4) is 10.6 Å². The molecule has 0 fully saturated rings. The predicted octanol–water partition coefficient (Wildman–Crippen LogP) is 3.32. The van der Waals surface area contributed by atoms with Crippen LogP contribution in [0.5, 0.6) is 0 Å². The molecule has 2 aromatic rings. The molecule has 0 aliphatic heterocycles. The zero-order valence-corrected chi connectivity index (χ0v) is 9.44. The van der Waals surface area contributed by atoms with Gasteiger partial charge in [0.05, 0.1) is 4.88 Å². The molecule has 0 aliphatic rings. The normalized spacial score (nSPS) is 10.4. The van der Waals surface area contributed by atoms with E-state index < -0.39 is 0 Å². The lowest BCUT2D eigenvalue weighted by atomic mass is 10.3. The largest absolute Gasteiger partial charge is 0.149 e. The summed E-state index contributed by atoms with van der Waals surface area (Å²) in [4.78, 5) is 1.17. The van der Waals surface area contributed by atoms with Crippen molar-refractivity contribution in [1.82, 2.24) is 10.2 Å². The Morgan fingerprint density at radius 1 is 1.29 bits per heavy atom. The molecule has 0 aliphatic carbocycles. The minimum atomic E-state index is 0.959. The molecule has 2 nitrogen and oxygen atoms in total. The molecule has 14 heavy (non-hydrogen) atoms. The van der Waals surface area contributed by atoms with E-state index in [0.717, 1.165) is 16.5 Å². The van der Waals surface area contributed by atoms with Crippen LogP contribution in [-0.4, -0.2) is 16.0 Å². The van der Waals surface area contributed by atoms with Gasteiger partial charge in [-0.3, -0.25) is 0 Å². The molecule has 2 rings (SSSR count). The van der Waals surface area contributed by atoms with E-state index in [9.17, 15) is 0 Å². The predicted molar refractivity (Wildman–Crippen MR) is 61.7 cm³/mol. The summed E-state index contributed by atoms with van der Waals surface area (Å²) >= 11 is 3.40. The van der Waals surface area contributed by atoms with Gasteiger partial charge in [-0.15, -0.1) is 33.3 Å². The summed E-state index contributed by atoms with van der Waals surface area (Å²) in [6.07, 6.45) is 0. The molecule has 0 radical (unpaired) electrons. The first kappa shape index (κ1) is 9.68. The van der Waals surface area contributed by atoms with E-state index in [-0.39, 0.29) is 0 Å². The summed E-state index contributed by atoms with van der Waals surface area (Å²) in [6.45, 7) is 2.11. The van der Waals surface area contributed by atoms with E-state index in [1.165, 1.54) is 4.88 Å². The summed E-state index contributed by atoms with van der Waals surface area (Å²) in [5, 5.41) is 11.4. The Kier molecular flexibility index (Phi) is 3.16. The second kappa shape index (κ2) is 4.57. The van der Waals surface area contributed by atoms with E-state index >= 15 is 0 Å². The Hall–Kier alpha value is -0.870. The summed E-state index contributed by atoms with van der Waals surface area (Å²) in [5.41, 5.74) is 0.959. The highest BCUT2D eigenvalue weighted by atomic mass is 32.2. The van der Waals surface area contributed by atoms with Gasteiger partial charge in [0.1, 0.15) is 10.7 Å². The van der Waals surface area contributed by atoms with E-state index in [2.05, 4.69) is 23.2 Å².